The van der Waals surface area contributed by atoms with E-state index in [0.29, 0.717) is 0 Å². The van der Waals surface area contributed by atoms with Crippen LogP contribution in [0.15, 0.2) is 36.5 Å². The highest BCUT2D eigenvalue weighted by Crippen LogP contribution is 2.05. The molecule has 0 amide bonds. The van der Waals surface area contributed by atoms with Gasteiger partial charge in [-0.1, -0.05) is 19.7 Å². The van der Waals surface area contributed by atoms with Gasteiger partial charge in [0.25, 0.3) is 0 Å². The molecular formula is C13H18O4. The van der Waals surface area contributed by atoms with Crippen molar-refractivity contribution in [3.8, 4) is 0 Å². The maximum atomic E-state index is 11.3. The molecule has 0 aliphatic rings. The van der Waals surface area contributed by atoms with E-state index in [1.165, 1.54) is 0 Å². The largest absolute Gasteiger partial charge is 0.461 e. The molecule has 0 saturated heterocycles. The van der Waals surface area contributed by atoms with Crippen molar-refractivity contribution in [3.05, 3.63) is 36.5 Å². The van der Waals surface area contributed by atoms with Gasteiger partial charge in [-0.15, -0.1) is 0 Å². The second-order valence-corrected chi connectivity index (χ2v) is 3.93. The Morgan fingerprint density at radius 3 is 1.88 bits per heavy atom. The topological polar surface area (TPSA) is 52.6 Å². The maximum Gasteiger partial charge on any atom is 0.334 e. The molecule has 0 radical (unpaired) electrons. The molecule has 0 aromatic heterocycles. The third-order valence-corrected chi connectivity index (χ3v) is 1.58. The summed E-state index contributed by atoms with van der Waals surface area (Å²) in [6, 6.07) is 0. The summed E-state index contributed by atoms with van der Waals surface area (Å²) in [5, 5.41) is 0. The number of hydrogen-bond acceptors (Lipinski definition) is 4. The molecule has 0 N–H and O–H groups in total. The highest BCUT2D eigenvalue weighted by atomic mass is 16.5. The lowest BCUT2D eigenvalue weighted by Gasteiger charge is -2.07. The van der Waals surface area contributed by atoms with Crippen LogP contribution in [0, 0.1) is 0 Å². The number of carbonyl (C=O) groups is 2. The molecule has 0 rings (SSSR count). The number of hydrogen-bond donors (Lipinski definition) is 0. The van der Waals surface area contributed by atoms with Crippen molar-refractivity contribution >= 4 is 11.9 Å². The molecule has 0 aliphatic carbocycles. The number of rotatable bonds is 7. The molecule has 0 aliphatic heterocycles. The standard InChI is InChI=1S/C13H18O4/c1-9(2)7-16-12(14)6-11(5)13(15)17-8-10(3)4/h1,3,5-8H2,2,4H3. The van der Waals surface area contributed by atoms with Gasteiger partial charge in [0.2, 0.25) is 0 Å². The van der Waals surface area contributed by atoms with Gasteiger partial charge >= 0.3 is 11.9 Å². The summed E-state index contributed by atoms with van der Waals surface area (Å²) in [4.78, 5) is 22.6. The first kappa shape index (κ1) is 15.2. The maximum absolute atomic E-state index is 11.3. The lowest BCUT2D eigenvalue weighted by atomic mass is 10.2. The molecule has 0 unspecified atom stereocenters. The van der Waals surface area contributed by atoms with Gasteiger partial charge in [-0.05, 0) is 25.0 Å². The van der Waals surface area contributed by atoms with Crippen molar-refractivity contribution in [2.24, 2.45) is 0 Å². The molecule has 4 nitrogen and oxygen atoms in total. The Morgan fingerprint density at radius 2 is 1.41 bits per heavy atom. The van der Waals surface area contributed by atoms with E-state index >= 15 is 0 Å². The van der Waals surface area contributed by atoms with Crippen molar-refractivity contribution in [2.45, 2.75) is 20.3 Å². The second-order valence-electron chi connectivity index (χ2n) is 3.93. The predicted molar refractivity (Wildman–Crippen MR) is 65.3 cm³/mol. The Balaban J connectivity index is 3.99. The van der Waals surface area contributed by atoms with Crippen LogP contribution >= 0.6 is 0 Å². The zero-order valence-corrected chi connectivity index (χ0v) is 10.4. The van der Waals surface area contributed by atoms with Gasteiger partial charge in [-0.3, -0.25) is 4.79 Å². The highest BCUT2D eigenvalue weighted by molar-refractivity contribution is 5.93. The van der Waals surface area contributed by atoms with Crippen LogP contribution in [-0.2, 0) is 19.1 Å². The Bertz CT molecular complexity index is 352. The van der Waals surface area contributed by atoms with Crippen LogP contribution in [0.5, 0.6) is 0 Å². The molecule has 0 aromatic carbocycles. The van der Waals surface area contributed by atoms with E-state index in [2.05, 4.69) is 19.7 Å². The Hall–Kier alpha value is -1.84. The summed E-state index contributed by atoms with van der Waals surface area (Å²) < 4.78 is 9.65. The molecule has 0 spiro atoms. The van der Waals surface area contributed by atoms with Crippen LogP contribution in [0.25, 0.3) is 0 Å². The van der Waals surface area contributed by atoms with Crippen LogP contribution in [0.3, 0.4) is 0 Å². The van der Waals surface area contributed by atoms with Gasteiger partial charge in [-0.25, -0.2) is 4.79 Å². The first-order valence-electron chi connectivity index (χ1n) is 5.12. The van der Waals surface area contributed by atoms with Crippen LogP contribution in [0.4, 0.5) is 0 Å². The highest BCUT2D eigenvalue weighted by Gasteiger charge is 2.14. The molecule has 4 heteroatoms. The summed E-state index contributed by atoms with van der Waals surface area (Å²) in [6.45, 7) is 14.4. The Kier molecular flexibility index (Phi) is 6.63. The first-order valence-corrected chi connectivity index (χ1v) is 5.12. The second kappa shape index (κ2) is 7.44. The minimum atomic E-state index is -0.611. The average Bonchev–Trinajstić information content (AvgIpc) is 2.22. The fourth-order valence-corrected chi connectivity index (χ4v) is 0.792. The predicted octanol–water partition coefficient (Wildman–Crippen LogP) is 2.17. The zero-order valence-electron chi connectivity index (χ0n) is 10.4. The molecule has 0 bridgehead atoms. The summed E-state index contributed by atoms with van der Waals surface area (Å²) in [5.41, 5.74) is 1.52. The fraction of sp³-hybridized carbons (Fsp3) is 0.385. The summed E-state index contributed by atoms with van der Waals surface area (Å²) in [7, 11) is 0. The minimum absolute atomic E-state index is 0.0676. The van der Waals surface area contributed by atoms with E-state index < -0.39 is 11.9 Å². The van der Waals surface area contributed by atoms with Crippen molar-refractivity contribution in [2.75, 3.05) is 13.2 Å². The smallest absolute Gasteiger partial charge is 0.334 e. The third kappa shape index (κ3) is 8.02. The van der Waals surface area contributed by atoms with Crippen LogP contribution in [0.1, 0.15) is 20.3 Å². The molecular weight excluding hydrogens is 220 g/mol. The van der Waals surface area contributed by atoms with Gasteiger partial charge in [0, 0.05) is 5.57 Å². The van der Waals surface area contributed by atoms with Crippen LogP contribution in [-0.4, -0.2) is 25.2 Å². The quantitative estimate of drug-likeness (QED) is 0.387. The SMILES string of the molecule is C=C(C)COC(=O)CC(=C)C(=O)OCC(=C)C. The van der Waals surface area contributed by atoms with Crippen LogP contribution < -0.4 is 0 Å². The molecule has 0 saturated carbocycles. The Labute approximate surface area is 102 Å². The number of esters is 2. The molecule has 17 heavy (non-hydrogen) atoms. The summed E-state index contributed by atoms with van der Waals surface area (Å²) in [6.07, 6.45) is -0.178. The van der Waals surface area contributed by atoms with E-state index in [1.54, 1.807) is 13.8 Å². The van der Waals surface area contributed by atoms with Crippen molar-refractivity contribution < 1.29 is 19.1 Å². The Morgan fingerprint density at radius 1 is 0.941 bits per heavy atom. The molecule has 0 fully saturated rings. The fourth-order valence-electron chi connectivity index (χ4n) is 0.792. The van der Waals surface area contributed by atoms with E-state index in [4.69, 9.17) is 9.47 Å². The lowest BCUT2D eigenvalue weighted by molar-refractivity contribution is -0.145. The average molecular weight is 238 g/mol. The van der Waals surface area contributed by atoms with Crippen LogP contribution in [0.2, 0.25) is 0 Å². The molecule has 0 atom stereocenters. The number of carbonyl (C=O) groups excluding carboxylic acids is 2. The van der Waals surface area contributed by atoms with E-state index in [9.17, 15) is 9.59 Å². The van der Waals surface area contributed by atoms with Gasteiger partial charge in [0.15, 0.2) is 0 Å². The van der Waals surface area contributed by atoms with Crippen molar-refractivity contribution in [1.82, 2.24) is 0 Å². The monoisotopic (exact) mass is 238 g/mol. The van der Waals surface area contributed by atoms with E-state index in [1.807, 2.05) is 0 Å². The zero-order chi connectivity index (χ0) is 13.4. The van der Waals surface area contributed by atoms with Gasteiger partial charge in [-0.2, -0.15) is 0 Å². The van der Waals surface area contributed by atoms with Crippen molar-refractivity contribution in [3.63, 3.8) is 0 Å². The molecule has 0 heterocycles. The summed E-state index contributed by atoms with van der Waals surface area (Å²) >= 11 is 0. The number of ether oxygens (including phenoxy) is 2. The first-order chi connectivity index (χ1) is 7.82. The van der Waals surface area contributed by atoms with E-state index in [-0.39, 0.29) is 25.2 Å². The third-order valence-electron chi connectivity index (χ3n) is 1.58. The van der Waals surface area contributed by atoms with Gasteiger partial charge < -0.3 is 9.47 Å². The summed E-state index contributed by atoms with van der Waals surface area (Å²) in [5.74, 6) is -1.13. The van der Waals surface area contributed by atoms with Gasteiger partial charge in [0.05, 0.1) is 6.42 Å². The molecule has 94 valence electrons. The minimum Gasteiger partial charge on any atom is -0.461 e. The lowest BCUT2D eigenvalue weighted by Crippen LogP contribution is -2.14. The van der Waals surface area contributed by atoms with Gasteiger partial charge in [0.1, 0.15) is 13.2 Å². The van der Waals surface area contributed by atoms with E-state index in [0.717, 1.165) is 11.1 Å². The molecule has 0 aromatic rings. The van der Waals surface area contributed by atoms with Crippen molar-refractivity contribution in [1.29, 1.82) is 0 Å². The normalized spacial score (nSPS) is 9.29.